The molecule has 0 fully saturated rings. The molecule has 0 N–H and O–H groups in total. The smallest absolute Gasteiger partial charge is 0.264 e. The molecule has 0 radical (unpaired) electrons. The standard InChI is InChI=1S/C23H21ClN2O4S2/c1-25(16-7-9-17(30-2)10-8-16)32(28,29)18-11-12-20(24)19(15-18)23(27)26-13-14-31-22-6-4-3-5-21(22)26/h3-12,15H,13-14H2,1-2H3. The molecule has 0 spiro atoms. The van der Waals surface area contributed by atoms with Crippen LogP contribution >= 0.6 is 23.4 Å². The van der Waals surface area contributed by atoms with Crippen LogP contribution in [0, 0.1) is 0 Å². The van der Waals surface area contributed by atoms with Gasteiger partial charge in [-0.25, -0.2) is 8.42 Å². The van der Waals surface area contributed by atoms with Gasteiger partial charge < -0.3 is 9.64 Å². The van der Waals surface area contributed by atoms with Crippen molar-refractivity contribution in [3.8, 4) is 5.75 Å². The van der Waals surface area contributed by atoms with Gasteiger partial charge in [-0.05, 0) is 54.6 Å². The first-order chi connectivity index (χ1) is 15.3. The van der Waals surface area contributed by atoms with Gasteiger partial charge in [0.15, 0.2) is 0 Å². The molecule has 0 aliphatic carbocycles. The number of rotatable bonds is 5. The van der Waals surface area contributed by atoms with Crippen molar-refractivity contribution in [2.24, 2.45) is 0 Å². The number of amides is 1. The molecule has 1 heterocycles. The number of sulfonamides is 1. The molecule has 1 aliphatic rings. The Morgan fingerprint density at radius 2 is 1.81 bits per heavy atom. The van der Waals surface area contributed by atoms with E-state index in [9.17, 15) is 13.2 Å². The van der Waals surface area contributed by atoms with Gasteiger partial charge in [-0.1, -0.05) is 23.7 Å². The van der Waals surface area contributed by atoms with Crippen molar-refractivity contribution in [2.45, 2.75) is 9.79 Å². The Hall–Kier alpha value is -2.68. The number of carbonyl (C=O) groups is 1. The lowest BCUT2D eigenvalue weighted by Crippen LogP contribution is -2.35. The maximum absolute atomic E-state index is 13.4. The van der Waals surface area contributed by atoms with Gasteiger partial charge in [0, 0.05) is 24.2 Å². The average molecular weight is 489 g/mol. The number of fused-ring (bicyclic) bond motifs is 1. The second kappa shape index (κ2) is 9.05. The number of carbonyl (C=O) groups excluding carboxylic acids is 1. The van der Waals surface area contributed by atoms with Crippen LogP contribution < -0.4 is 13.9 Å². The van der Waals surface area contributed by atoms with Crippen LogP contribution in [0.3, 0.4) is 0 Å². The van der Waals surface area contributed by atoms with Crippen LogP contribution in [0.5, 0.6) is 5.75 Å². The number of hydrogen-bond donors (Lipinski definition) is 0. The minimum Gasteiger partial charge on any atom is -0.497 e. The molecule has 6 nitrogen and oxygen atoms in total. The van der Waals surface area contributed by atoms with E-state index in [0.29, 0.717) is 18.0 Å². The Balaban J connectivity index is 1.69. The summed E-state index contributed by atoms with van der Waals surface area (Å²) >= 11 is 8.02. The molecule has 32 heavy (non-hydrogen) atoms. The average Bonchev–Trinajstić information content (AvgIpc) is 2.83. The largest absolute Gasteiger partial charge is 0.497 e. The second-order valence-corrected chi connectivity index (χ2v) is 10.6. The maximum atomic E-state index is 13.4. The van der Waals surface area contributed by atoms with Crippen LogP contribution in [0.2, 0.25) is 5.02 Å². The summed E-state index contributed by atoms with van der Waals surface area (Å²) in [6, 6.07) is 18.5. The summed E-state index contributed by atoms with van der Waals surface area (Å²) in [5.74, 6) is 1.05. The van der Waals surface area contributed by atoms with Gasteiger partial charge in [0.1, 0.15) is 5.75 Å². The SMILES string of the molecule is COc1ccc(N(C)S(=O)(=O)c2ccc(Cl)c(C(=O)N3CCSc4ccccc43)c2)cc1. The van der Waals surface area contributed by atoms with Crippen LogP contribution in [0.25, 0.3) is 0 Å². The zero-order chi connectivity index (χ0) is 22.9. The predicted octanol–water partition coefficient (Wildman–Crippen LogP) is 4.93. The van der Waals surface area contributed by atoms with Gasteiger partial charge in [0.05, 0.1) is 34.0 Å². The Morgan fingerprint density at radius 3 is 2.53 bits per heavy atom. The van der Waals surface area contributed by atoms with Crippen molar-refractivity contribution >= 4 is 50.7 Å². The predicted molar refractivity (Wildman–Crippen MR) is 129 cm³/mol. The lowest BCUT2D eigenvalue weighted by molar-refractivity contribution is 0.0987. The monoisotopic (exact) mass is 488 g/mol. The summed E-state index contributed by atoms with van der Waals surface area (Å²) in [5, 5.41) is 0.205. The minimum absolute atomic E-state index is 0.0109. The number of para-hydroxylation sites is 1. The molecule has 4 rings (SSSR count). The van der Waals surface area contributed by atoms with Gasteiger partial charge >= 0.3 is 0 Å². The molecular formula is C23H21ClN2O4S2. The fraction of sp³-hybridized carbons (Fsp3) is 0.174. The summed E-state index contributed by atoms with van der Waals surface area (Å²) in [6.45, 7) is 0.513. The number of ether oxygens (including phenoxy) is 1. The van der Waals surface area contributed by atoms with E-state index in [1.807, 2.05) is 24.3 Å². The molecule has 1 amide bonds. The molecular weight excluding hydrogens is 468 g/mol. The van der Waals surface area contributed by atoms with Gasteiger partial charge in [-0.3, -0.25) is 9.10 Å². The number of hydrogen-bond acceptors (Lipinski definition) is 5. The first kappa shape index (κ1) is 22.5. The summed E-state index contributed by atoms with van der Waals surface area (Å²) < 4.78 is 32.8. The van der Waals surface area contributed by atoms with Crippen LogP contribution in [0.15, 0.2) is 76.5 Å². The molecule has 1 aliphatic heterocycles. The third-order valence-corrected chi connectivity index (χ3v) is 8.39. The van der Waals surface area contributed by atoms with Crippen LogP contribution in [0.1, 0.15) is 10.4 Å². The third-order valence-electron chi connectivity index (χ3n) is 5.24. The van der Waals surface area contributed by atoms with Crippen molar-refractivity contribution in [2.75, 3.05) is 35.7 Å². The lowest BCUT2D eigenvalue weighted by Gasteiger charge is -2.29. The fourth-order valence-corrected chi connectivity index (χ4v) is 5.86. The lowest BCUT2D eigenvalue weighted by atomic mass is 10.1. The normalized spacial score (nSPS) is 13.4. The van der Waals surface area contributed by atoms with Crippen LogP contribution in [-0.2, 0) is 10.0 Å². The fourth-order valence-electron chi connectivity index (χ4n) is 3.44. The third kappa shape index (κ3) is 4.18. The highest BCUT2D eigenvalue weighted by Gasteiger charge is 2.28. The van der Waals surface area contributed by atoms with Gasteiger partial charge in [-0.15, -0.1) is 11.8 Å². The molecule has 166 valence electrons. The van der Waals surface area contributed by atoms with E-state index in [-0.39, 0.29) is 21.4 Å². The van der Waals surface area contributed by atoms with Crippen molar-refractivity contribution in [1.82, 2.24) is 0 Å². The van der Waals surface area contributed by atoms with Gasteiger partial charge in [0.2, 0.25) is 0 Å². The number of anilines is 2. The van der Waals surface area contributed by atoms with Gasteiger partial charge in [0.25, 0.3) is 15.9 Å². The van der Waals surface area contributed by atoms with Gasteiger partial charge in [-0.2, -0.15) is 0 Å². The zero-order valence-electron chi connectivity index (χ0n) is 17.5. The Kier molecular flexibility index (Phi) is 6.37. The molecule has 0 saturated carbocycles. The van der Waals surface area contributed by atoms with E-state index in [0.717, 1.165) is 20.6 Å². The number of halogens is 1. The van der Waals surface area contributed by atoms with Crippen molar-refractivity contribution in [1.29, 1.82) is 0 Å². The van der Waals surface area contributed by atoms with Crippen LogP contribution in [0.4, 0.5) is 11.4 Å². The van der Waals surface area contributed by atoms with E-state index < -0.39 is 10.0 Å². The molecule has 0 bridgehead atoms. The quantitative estimate of drug-likeness (QED) is 0.509. The number of methoxy groups -OCH3 is 1. The van der Waals surface area contributed by atoms with Crippen molar-refractivity contribution < 1.29 is 17.9 Å². The number of benzene rings is 3. The Labute approximate surface area is 196 Å². The number of nitrogens with zero attached hydrogens (tertiary/aromatic N) is 2. The molecule has 0 atom stereocenters. The second-order valence-electron chi connectivity index (χ2n) is 7.09. The highest BCUT2D eigenvalue weighted by Crippen LogP contribution is 2.36. The van der Waals surface area contributed by atoms with Crippen molar-refractivity contribution in [3.05, 3.63) is 77.3 Å². The first-order valence-electron chi connectivity index (χ1n) is 9.79. The zero-order valence-corrected chi connectivity index (χ0v) is 19.9. The molecule has 0 unspecified atom stereocenters. The maximum Gasteiger partial charge on any atom is 0.264 e. The summed E-state index contributed by atoms with van der Waals surface area (Å²) in [6.07, 6.45) is 0. The highest BCUT2D eigenvalue weighted by atomic mass is 35.5. The summed E-state index contributed by atoms with van der Waals surface area (Å²) in [4.78, 5) is 16.0. The first-order valence-corrected chi connectivity index (χ1v) is 12.6. The molecule has 0 aromatic heterocycles. The summed E-state index contributed by atoms with van der Waals surface area (Å²) in [7, 11) is -0.910. The van der Waals surface area contributed by atoms with E-state index in [4.69, 9.17) is 16.3 Å². The molecule has 9 heteroatoms. The van der Waals surface area contributed by atoms with E-state index in [2.05, 4.69) is 0 Å². The molecule has 0 saturated heterocycles. The topological polar surface area (TPSA) is 66.9 Å². The molecule has 3 aromatic carbocycles. The van der Waals surface area contributed by atoms with Crippen LogP contribution in [-0.4, -0.2) is 40.8 Å². The van der Waals surface area contributed by atoms with E-state index in [1.165, 1.54) is 25.2 Å². The Bertz CT molecular complexity index is 1260. The van der Waals surface area contributed by atoms with E-state index >= 15 is 0 Å². The summed E-state index contributed by atoms with van der Waals surface area (Å²) in [5.41, 5.74) is 1.42. The molecule has 3 aromatic rings. The number of thioether (sulfide) groups is 1. The van der Waals surface area contributed by atoms with Crippen molar-refractivity contribution in [3.63, 3.8) is 0 Å². The minimum atomic E-state index is -3.92. The highest BCUT2D eigenvalue weighted by molar-refractivity contribution is 7.99. The Morgan fingerprint density at radius 1 is 1.09 bits per heavy atom. The van der Waals surface area contributed by atoms with E-state index in [1.54, 1.807) is 48.0 Å².